The molecule has 0 fully saturated rings. The van der Waals surface area contributed by atoms with Crippen LogP contribution in [0.2, 0.25) is 0 Å². The lowest BCUT2D eigenvalue weighted by Crippen LogP contribution is -2.20. The fourth-order valence-electron chi connectivity index (χ4n) is 2.25. The Morgan fingerprint density at radius 3 is 2.89 bits per heavy atom. The molecule has 1 unspecified atom stereocenters. The molecule has 1 atom stereocenters. The van der Waals surface area contributed by atoms with Crippen LogP contribution in [0.3, 0.4) is 0 Å². The van der Waals surface area contributed by atoms with E-state index < -0.39 is 6.10 Å². The standard InChI is InChI=1S/C14H16N4O/c1-17-7-6-15-14(17)8-11(19)9-18-10-16-12-4-2-3-5-13(12)18/h2-7,10-11,19H,8-9H2,1H3. The predicted octanol–water partition coefficient (Wildman–Crippen LogP) is 1.37. The van der Waals surface area contributed by atoms with Gasteiger partial charge in [0, 0.05) is 25.9 Å². The summed E-state index contributed by atoms with van der Waals surface area (Å²) < 4.78 is 3.90. The lowest BCUT2D eigenvalue weighted by Gasteiger charge is -2.12. The van der Waals surface area contributed by atoms with E-state index in [0.29, 0.717) is 13.0 Å². The van der Waals surface area contributed by atoms with Crippen molar-refractivity contribution in [3.63, 3.8) is 0 Å². The number of aliphatic hydroxyl groups is 1. The largest absolute Gasteiger partial charge is 0.391 e. The van der Waals surface area contributed by atoms with Crippen molar-refractivity contribution in [3.05, 3.63) is 48.8 Å². The van der Waals surface area contributed by atoms with E-state index in [0.717, 1.165) is 16.9 Å². The number of aliphatic hydroxyl groups excluding tert-OH is 1. The molecule has 0 saturated carbocycles. The zero-order valence-electron chi connectivity index (χ0n) is 10.8. The summed E-state index contributed by atoms with van der Waals surface area (Å²) in [5, 5.41) is 10.2. The maximum absolute atomic E-state index is 10.2. The molecule has 0 aliphatic carbocycles. The highest BCUT2D eigenvalue weighted by molar-refractivity contribution is 5.74. The molecule has 2 heterocycles. The molecule has 1 aromatic carbocycles. The monoisotopic (exact) mass is 256 g/mol. The Kier molecular flexibility index (Phi) is 3.05. The second kappa shape index (κ2) is 4.85. The first-order valence-corrected chi connectivity index (χ1v) is 6.28. The molecular weight excluding hydrogens is 240 g/mol. The number of benzene rings is 1. The van der Waals surface area contributed by atoms with Crippen LogP contribution in [0.25, 0.3) is 11.0 Å². The lowest BCUT2D eigenvalue weighted by atomic mass is 10.2. The van der Waals surface area contributed by atoms with Crippen molar-refractivity contribution in [2.45, 2.75) is 19.1 Å². The third kappa shape index (κ3) is 2.37. The van der Waals surface area contributed by atoms with Crippen molar-refractivity contribution in [2.24, 2.45) is 7.05 Å². The third-order valence-electron chi connectivity index (χ3n) is 3.27. The summed E-state index contributed by atoms with van der Waals surface area (Å²) in [5.41, 5.74) is 1.99. The quantitative estimate of drug-likeness (QED) is 0.767. The average molecular weight is 256 g/mol. The molecule has 0 radical (unpaired) electrons. The van der Waals surface area contributed by atoms with Crippen molar-refractivity contribution in [1.82, 2.24) is 19.1 Å². The van der Waals surface area contributed by atoms with Gasteiger partial charge in [-0.15, -0.1) is 0 Å². The van der Waals surface area contributed by atoms with Crippen LogP contribution in [0, 0.1) is 0 Å². The van der Waals surface area contributed by atoms with Gasteiger partial charge in [-0.3, -0.25) is 0 Å². The minimum atomic E-state index is -0.473. The lowest BCUT2D eigenvalue weighted by molar-refractivity contribution is 0.152. The summed E-state index contributed by atoms with van der Waals surface area (Å²) in [6.07, 6.45) is 5.46. The van der Waals surface area contributed by atoms with Gasteiger partial charge >= 0.3 is 0 Å². The summed E-state index contributed by atoms with van der Waals surface area (Å²) in [4.78, 5) is 8.54. The molecule has 0 saturated heterocycles. The molecule has 3 rings (SSSR count). The van der Waals surface area contributed by atoms with Gasteiger partial charge in [0.2, 0.25) is 0 Å². The number of nitrogens with zero attached hydrogens (tertiary/aromatic N) is 4. The van der Waals surface area contributed by atoms with Gasteiger partial charge in [-0.1, -0.05) is 12.1 Å². The van der Waals surface area contributed by atoms with Crippen LogP contribution in [-0.2, 0) is 20.0 Å². The smallest absolute Gasteiger partial charge is 0.111 e. The SMILES string of the molecule is Cn1ccnc1CC(O)Cn1cnc2ccccc21. The molecule has 0 spiro atoms. The molecule has 0 amide bonds. The second-order valence-electron chi connectivity index (χ2n) is 4.70. The number of aryl methyl sites for hydroxylation is 1. The van der Waals surface area contributed by atoms with Crippen LogP contribution in [-0.4, -0.2) is 30.3 Å². The molecule has 0 aliphatic rings. The molecule has 2 aromatic heterocycles. The van der Waals surface area contributed by atoms with Crippen molar-refractivity contribution < 1.29 is 5.11 Å². The average Bonchev–Trinajstić information content (AvgIpc) is 2.98. The van der Waals surface area contributed by atoms with Crippen LogP contribution in [0.15, 0.2) is 43.0 Å². The first kappa shape index (κ1) is 11.9. The molecule has 5 heteroatoms. The Labute approximate surface area is 111 Å². The van der Waals surface area contributed by atoms with Gasteiger partial charge in [0.05, 0.1) is 30.0 Å². The van der Waals surface area contributed by atoms with Crippen molar-refractivity contribution in [1.29, 1.82) is 0 Å². The highest BCUT2D eigenvalue weighted by Crippen LogP contribution is 2.13. The van der Waals surface area contributed by atoms with Gasteiger partial charge < -0.3 is 14.2 Å². The Bertz CT molecular complexity index is 685. The molecule has 1 N–H and O–H groups in total. The van der Waals surface area contributed by atoms with E-state index in [2.05, 4.69) is 9.97 Å². The number of hydrogen-bond acceptors (Lipinski definition) is 3. The zero-order chi connectivity index (χ0) is 13.2. The number of imidazole rings is 2. The molecule has 19 heavy (non-hydrogen) atoms. The minimum absolute atomic E-state index is 0.473. The summed E-state index contributed by atoms with van der Waals surface area (Å²) in [7, 11) is 1.93. The molecular formula is C14H16N4O. The van der Waals surface area contributed by atoms with Gasteiger partial charge in [0.15, 0.2) is 0 Å². The Hall–Kier alpha value is -2.14. The van der Waals surface area contributed by atoms with Crippen LogP contribution >= 0.6 is 0 Å². The van der Waals surface area contributed by atoms with Crippen LogP contribution in [0.5, 0.6) is 0 Å². The normalized spacial score (nSPS) is 12.9. The molecule has 0 bridgehead atoms. The van der Waals surface area contributed by atoms with E-state index in [-0.39, 0.29) is 0 Å². The number of para-hydroxylation sites is 2. The maximum atomic E-state index is 10.2. The summed E-state index contributed by atoms with van der Waals surface area (Å²) in [5.74, 6) is 0.886. The van der Waals surface area contributed by atoms with Gasteiger partial charge in [-0.25, -0.2) is 9.97 Å². The second-order valence-corrected chi connectivity index (χ2v) is 4.70. The Morgan fingerprint density at radius 2 is 2.11 bits per heavy atom. The van der Waals surface area contributed by atoms with Gasteiger partial charge in [-0.2, -0.15) is 0 Å². The highest BCUT2D eigenvalue weighted by Gasteiger charge is 2.11. The van der Waals surface area contributed by atoms with E-state index in [1.807, 2.05) is 46.6 Å². The summed E-state index contributed by atoms with van der Waals surface area (Å²) in [6, 6.07) is 7.92. The molecule has 98 valence electrons. The number of hydrogen-bond donors (Lipinski definition) is 1. The van der Waals surface area contributed by atoms with E-state index in [4.69, 9.17) is 0 Å². The molecule has 5 nitrogen and oxygen atoms in total. The van der Waals surface area contributed by atoms with E-state index in [1.165, 1.54) is 0 Å². The predicted molar refractivity (Wildman–Crippen MR) is 72.7 cm³/mol. The minimum Gasteiger partial charge on any atom is -0.391 e. The molecule has 0 aliphatic heterocycles. The first-order valence-electron chi connectivity index (χ1n) is 6.28. The van der Waals surface area contributed by atoms with Crippen molar-refractivity contribution in [3.8, 4) is 0 Å². The third-order valence-corrected chi connectivity index (χ3v) is 3.27. The Balaban J connectivity index is 1.76. The number of aromatic nitrogens is 4. The molecule has 3 aromatic rings. The van der Waals surface area contributed by atoms with Crippen molar-refractivity contribution >= 4 is 11.0 Å². The summed E-state index contributed by atoms with van der Waals surface area (Å²) >= 11 is 0. The maximum Gasteiger partial charge on any atom is 0.111 e. The fourth-order valence-corrected chi connectivity index (χ4v) is 2.25. The van der Waals surface area contributed by atoms with E-state index in [1.54, 1.807) is 12.5 Å². The van der Waals surface area contributed by atoms with E-state index in [9.17, 15) is 5.11 Å². The Morgan fingerprint density at radius 1 is 1.26 bits per heavy atom. The van der Waals surface area contributed by atoms with Crippen molar-refractivity contribution in [2.75, 3.05) is 0 Å². The highest BCUT2D eigenvalue weighted by atomic mass is 16.3. The van der Waals surface area contributed by atoms with Gasteiger partial charge in [0.1, 0.15) is 5.82 Å². The first-order chi connectivity index (χ1) is 9.24. The zero-order valence-corrected chi connectivity index (χ0v) is 10.8. The van der Waals surface area contributed by atoms with Crippen LogP contribution < -0.4 is 0 Å². The topological polar surface area (TPSA) is 55.9 Å². The van der Waals surface area contributed by atoms with E-state index >= 15 is 0 Å². The van der Waals surface area contributed by atoms with Gasteiger partial charge in [-0.05, 0) is 12.1 Å². The van der Waals surface area contributed by atoms with Gasteiger partial charge in [0.25, 0.3) is 0 Å². The fraction of sp³-hybridized carbons (Fsp3) is 0.286. The number of rotatable bonds is 4. The van der Waals surface area contributed by atoms with Crippen LogP contribution in [0.4, 0.5) is 0 Å². The summed E-state index contributed by atoms with van der Waals surface area (Å²) in [6.45, 7) is 0.521. The number of fused-ring (bicyclic) bond motifs is 1. The van der Waals surface area contributed by atoms with Crippen LogP contribution in [0.1, 0.15) is 5.82 Å².